The van der Waals surface area contributed by atoms with Crippen molar-refractivity contribution in [3.8, 4) is 0 Å². The molecule has 2 fully saturated rings. The van der Waals surface area contributed by atoms with Gasteiger partial charge in [-0.1, -0.05) is 0 Å². The van der Waals surface area contributed by atoms with Gasteiger partial charge in [0.25, 0.3) is 10.2 Å². The van der Waals surface area contributed by atoms with Crippen LogP contribution < -0.4 is 9.62 Å². The monoisotopic (exact) mass is 340 g/mol. The Labute approximate surface area is 137 Å². The fourth-order valence-electron chi connectivity index (χ4n) is 2.98. The summed E-state index contributed by atoms with van der Waals surface area (Å²) in [6, 6.07) is 1.81. The predicted molar refractivity (Wildman–Crippen MR) is 88.4 cm³/mol. The topological polar surface area (TPSA) is 81.7 Å². The van der Waals surface area contributed by atoms with Crippen molar-refractivity contribution in [3.63, 3.8) is 0 Å². The van der Waals surface area contributed by atoms with E-state index >= 15 is 0 Å². The third kappa shape index (κ3) is 4.37. The molecule has 0 atom stereocenters. The second-order valence-corrected chi connectivity index (χ2v) is 7.64. The molecular weight excluding hydrogens is 316 g/mol. The van der Waals surface area contributed by atoms with Crippen molar-refractivity contribution in [2.75, 3.05) is 57.3 Å². The number of nitrogens with one attached hydrogen (secondary N) is 1. The number of nitrogens with zero attached hydrogens (tertiary/aromatic N) is 5. The highest BCUT2D eigenvalue weighted by molar-refractivity contribution is 7.87. The molecule has 0 amide bonds. The second-order valence-electron chi connectivity index (χ2n) is 5.88. The Bertz CT molecular complexity index is 583. The minimum atomic E-state index is -3.29. The lowest BCUT2D eigenvalue weighted by molar-refractivity contribution is 0.260. The standard InChI is InChI=1S/C14H24N6O2S/c21-23(22,20-7-1-2-8-20)17-6-9-18-10-12-19(13-11-18)14-15-4-3-5-16-14/h3-5,17H,1-2,6-13H2. The number of piperazine rings is 1. The maximum absolute atomic E-state index is 12.1. The van der Waals surface area contributed by atoms with Crippen molar-refractivity contribution >= 4 is 16.2 Å². The largest absolute Gasteiger partial charge is 0.338 e. The van der Waals surface area contributed by atoms with Gasteiger partial charge >= 0.3 is 0 Å². The number of rotatable bonds is 6. The van der Waals surface area contributed by atoms with Crippen LogP contribution in [0.1, 0.15) is 12.8 Å². The zero-order chi connectivity index (χ0) is 16.1. The molecule has 8 nitrogen and oxygen atoms in total. The quantitative estimate of drug-likeness (QED) is 0.754. The molecule has 0 aromatic carbocycles. The molecule has 3 rings (SSSR count). The third-order valence-electron chi connectivity index (χ3n) is 4.32. The van der Waals surface area contributed by atoms with Gasteiger partial charge in [0.05, 0.1) is 0 Å². The number of hydrogen-bond donors (Lipinski definition) is 1. The van der Waals surface area contributed by atoms with Gasteiger partial charge in [-0.05, 0) is 18.9 Å². The highest BCUT2D eigenvalue weighted by atomic mass is 32.2. The average molecular weight is 340 g/mol. The molecule has 1 N–H and O–H groups in total. The molecule has 0 spiro atoms. The van der Waals surface area contributed by atoms with Crippen LogP contribution >= 0.6 is 0 Å². The van der Waals surface area contributed by atoms with Crippen molar-refractivity contribution in [3.05, 3.63) is 18.5 Å². The van der Waals surface area contributed by atoms with Gasteiger partial charge in [-0.15, -0.1) is 0 Å². The summed E-state index contributed by atoms with van der Waals surface area (Å²) >= 11 is 0. The number of anilines is 1. The lowest BCUT2D eigenvalue weighted by Crippen LogP contribution is -2.49. The van der Waals surface area contributed by atoms with Crippen molar-refractivity contribution in [2.24, 2.45) is 0 Å². The summed E-state index contributed by atoms with van der Waals surface area (Å²) in [6.07, 6.45) is 5.43. The van der Waals surface area contributed by atoms with Crippen molar-refractivity contribution in [2.45, 2.75) is 12.8 Å². The van der Waals surface area contributed by atoms with Gasteiger partial charge < -0.3 is 4.90 Å². The molecule has 128 valence electrons. The molecule has 0 unspecified atom stereocenters. The first kappa shape index (κ1) is 16.6. The Balaban J connectivity index is 1.39. The molecule has 1 aromatic rings. The molecule has 0 radical (unpaired) electrons. The summed E-state index contributed by atoms with van der Waals surface area (Å²) in [6.45, 7) is 5.99. The zero-order valence-corrected chi connectivity index (χ0v) is 14.1. The molecule has 0 saturated carbocycles. The summed E-state index contributed by atoms with van der Waals surface area (Å²) in [7, 11) is -3.29. The SMILES string of the molecule is O=S(=O)(NCCN1CCN(c2ncccn2)CC1)N1CCCC1. The van der Waals surface area contributed by atoms with Crippen LogP contribution in [0.4, 0.5) is 5.95 Å². The third-order valence-corrected chi connectivity index (χ3v) is 5.94. The summed E-state index contributed by atoms with van der Waals surface area (Å²) < 4.78 is 28.4. The normalized spacial score (nSPS) is 21.0. The maximum atomic E-state index is 12.1. The summed E-state index contributed by atoms with van der Waals surface area (Å²) in [5, 5.41) is 0. The minimum absolute atomic E-state index is 0.459. The van der Waals surface area contributed by atoms with Crippen molar-refractivity contribution in [1.82, 2.24) is 23.9 Å². The Morgan fingerprint density at radius 1 is 1.00 bits per heavy atom. The van der Waals surface area contributed by atoms with Crippen LogP contribution in [-0.2, 0) is 10.2 Å². The lowest BCUT2D eigenvalue weighted by atomic mass is 10.3. The summed E-state index contributed by atoms with van der Waals surface area (Å²) in [4.78, 5) is 13.0. The Morgan fingerprint density at radius 2 is 1.65 bits per heavy atom. The highest BCUT2D eigenvalue weighted by Gasteiger charge is 2.25. The van der Waals surface area contributed by atoms with Crippen LogP contribution in [0.25, 0.3) is 0 Å². The van der Waals surface area contributed by atoms with Crippen molar-refractivity contribution < 1.29 is 8.42 Å². The molecule has 0 aliphatic carbocycles. The smallest absolute Gasteiger partial charge is 0.279 e. The van der Waals surface area contributed by atoms with Gasteiger partial charge in [0.2, 0.25) is 5.95 Å². The highest BCUT2D eigenvalue weighted by Crippen LogP contribution is 2.11. The molecule has 0 bridgehead atoms. The molecule has 9 heteroatoms. The van der Waals surface area contributed by atoms with Gasteiger partial charge in [0.15, 0.2) is 0 Å². The van der Waals surface area contributed by atoms with Crippen LogP contribution in [0.2, 0.25) is 0 Å². The minimum Gasteiger partial charge on any atom is -0.338 e. The van der Waals surface area contributed by atoms with Crippen LogP contribution in [0, 0.1) is 0 Å². The molecule has 2 saturated heterocycles. The van der Waals surface area contributed by atoms with E-state index in [-0.39, 0.29) is 0 Å². The Morgan fingerprint density at radius 3 is 2.30 bits per heavy atom. The predicted octanol–water partition coefficient (Wildman–Crippen LogP) is -0.471. The average Bonchev–Trinajstić information content (AvgIpc) is 3.12. The van der Waals surface area contributed by atoms with Gasteiger partial charge in [0.1, 0.15) is 0 Å². The maximum Gasteiger partial charge on any atom is 0.279 e. The molecule has 1 aromatic heterocycles. The van der Waals surface area contributed by atoms with Gasteiger partial charge in [0, 0.05) is 64.8 Å². The lowest BCUT2D eigenvalue weighted by Gasteiger charge is -2.34. The van der Waals surface area contributed by atoms with E-state index in [1.54, 1.807) is 12.4 Å². The molecular formula is C14H24N6O2S. The Hall–Kier alpha value is -1.29. The van der Waals surface area contributed by atoms with Crippen LogP contribution in [0.5, 0.6) is 0 Å². The van der Waals surface area contributed by atoms with E-state index in [0.29, 0.717) is 19.6 Å². The van der Waals surface area contributed by atoms with Gasteiger partial charge in [-0.3, -0.25) is 4.90 Å². The number of hydrogen-bond acceptors (Lipinski definition) is 6. The van der Waals surface area contributed by atoms with E-state index in [4.69, 9.17) is 0 Å². The number of aromatic nitrogens is 2. The van der Waals surface area contributed by atoms with Crippen LogP contribution in [-0.4, -0.2) is 79.9 Å². The first-order chi connectivity index (χ1) is 11.1. The molecule has 23 heavy (non-hydrogen) atoms. The summed E-state index contributed by atoms with van der Waals surface area (Å²) in [5.74, 6) is 0.766. The van der Waals surface area contributed by atoms with E-state index in [2.05, 4.69) is 24.5 Å². The molecule has 3 heterocycles. The fraction of sp³-hybridized carbons (Fsp3) is 0.714. The first-order valence-electron chi connectivity index (χ1n) is 8.14. The zero-order valence-electron chi connectivity index (χ0n) is 13.3. The van der Waals surface area contributed by atoms with Gasteiger partial charge in [-0.2, -0.15) is 12.7 Å². The van der Waals surface area contributed by atoms with E-state index < -0.39 is 10.2 Å². The second kappa shape index (κ2) is 7.52. The summed E-state index contributed by atoms with van der Waals surface area (Å²) in [5.41, 5.74) is 0. The molecule has 2 aliphatic heterocycles. The fourth-order valence-corrected chi connectivity index (χ4v) is 4.25. The van der Waals surface area contributed by atoms with E-state index in [1.165, 1.54) is 4.31 Å². The van der Waals surface area contributed by atoms with Crippen LogP contribution in [0.15, 0.2) is 18.5 Å². The van der Waals surface area contributed by atoms with E-state index in [9.17, 15) is 8.42 Å². The Kier molecular flexibility index (Phi) is 5.42. The first-order valence-corrected chi connectivity index (χ1v) is 9.58. The van der Waals surface area contributed by atoms with E-state index in [0.717, 1.165) is 51.5 Å². The molecule has 2 aliphatic rings. The van der Waals surface area contributed by atoms with E-state index in [1.807, 2.05) is 6.07 Å². The van der Waals surface area contributed by atoms with Gasteiger partial charge in [-0.25, -0.2) is 14.7 Å². The van der Waals surface area contributed by atoms with Crippen molar-refractivity contribution in [1.29, 1.82) is 0 Å². The van der Waals surface area contributed by atoms with Crippen LogP contribution in [0.3, 0.4) is 0 Å².